The van der Waals surface area contributed by atoms with Crippen LogP contribution in [0.2, 0.25) is 0 Å². The highest BCUT2D eigenvalue weighted by molar-refractivity contribution is 6.32. The number of morpholine rings is 1. The molecule has 8 atom stereocenters. The number of phenolic OH excluding ortho intramolecular Hbond substituents is 2. The number of nitrogens with zero attached hydrogens (tertiary/aromatic N) is 1. The van der Waals surface area contributed by atoms with Crippen molar-refractivity contribution >= 4 is 28.9 Å². The molecule has 0 aromatic heterocycles. The van der Waals surface area contributed by atoms with Gasteiger partial charge in [0.05, 0.1) is 47.7 Å². The third-order valence-electron chi connectivity index (χ3n) is 10.1. The summed E-state index contributed by atoms with van der Waals surface area (Å²) in [6.45, 7) is 3.65. The van der Waals surface area contributed by atoms with Crippen LogP contribution in [0.25, 0.3) is 0 Å². The van der Waals surface area contributed by atoms with Gasteiger partial charge in [-0.15, -0.1) is 0 Å². The maximum Gasteiger partial charge on any atom is 0.238 e. The molecule has 6 N–H and O–H groups in total. The van der Waals surface area contributed by atoms with Gasteiger partial charge in [0.15, 0.2) is 36.2 Å². The number of aromatic hydroxyl groups is 2. The molecule has 0 bridgehead atoms. The van der Waals surface area contributed by atoms with Crippen molar-refractivity contribution in [3.8, 4) is 11.5 Å². The van der Waals surface area contributed by atoms with Crippen LogP contribution >= 0.6 is 0 Å². The normalized spacial score (nSPS) is 32.5. The quantitative estimate of drug-likeness (QED) is 0.228. The summed E-state index contributed by atoms with van der Waals surface area (Å²) in [5, 5.41) is 37.5. The summed E-state index contributed by atoms with van der Waals surface area (Å²) in [4.78, 5) is 55.0. The maximum absolute atomic E-state index is 14.1. The zero-order valence-electron chi connectivity index (χ0n) is 26.6. The SMILES string of the molecule is CO[C@H]1OCCN2[C@@H]1O[C@@H]1[C@H](C)O[C@@H](O[C@H]3C[C@](O)(C(C)=O)Cc4c(O)c5c(c(O)c43)C(=O)c3c(NC(=O)CN)cccc3C5=O)C[C@@H]12. The molecule has 0 spiro atoms. The number of carbonyl (C=O) groups excluding carboxylic acids is 4. The Hall–Kier alpha value is -3.80. The summed E-state index contributed by atoms with van der Waals surface area (Å²) >= 11 is 0. The molecule has 0 saturated carbocycles. The largest absolute Gasteiger partial charge is 0.507 e. The highest BCUT2D eigenvalue weighted by Gasteiger charge is 2.55. The highest BCUT2D eigenvalue weighted by atomic mass is 16.7. The van der Waals surface area contributed by atoms with Crippen molar-refractivity contribution in [2.45, 2.75) is 81.9 Å². The van der Waals surface area contributed by atoms with Gasteiger partial charge in [-0.2, -0.15) is 0 Å². The highest BCUT2D eigenvalue weighted by Crippen LogP contribution is 2.53. The number of amides is 1. The predicted octanol–water partition coefficient (Wildman–Crippen LogP) is 0.628. The summed E-state index contributed by atoms with van der Waals surface area (Å²) in [6, 6.07) is 4.07. The van der Waals surface area contributed by atoms with Crippen molar-refractivity contribution in [2.75, 3.05) is 32.1 Å². The minimum Gasteiger partial charge on any atom is -0.507 e. The van der Waals surface area contributed by atoms with Crippen molar-refractivity contribution in [3.05, 3.63) is 51.6 Å². The number of benzene rings is 2. The number of methoxy groups -OCH3 is 1. The Kier molecular flexibility index (Phi) is 8.16. The first-order chi connectivity index (χ1) is 22.9. The standard InChI is InChI=1S/C33H37N3O12/c1-13-30-18(36-7-8-45-32(44-3)31(36)48-30)9-21(46-13)47-19-11-33(43,14(2)37)10-16-23(19)29(42)25-24(27(16)40)26(39)15-5-4-6-17(22(15)28(25)41)35-20(38)12-34/h4-6,13,18-19,21,30-32,40,42-43H,7-12,34H2,1-3H3,(H,35,38)/t13-,18-,19-,21-,30+,31+,32-,33-/m0/s1. The van der Waals surface area contributed by atoms with Gasteiger partial charge in [-0.3, -0.25) is 24.1 Å². The second-order valence-corrected chi connectivity index (χ2v) is 12.8. The van der Waals surface area contributed by atoms with E-state index in [1.54, 1.807) is 0 Å². The van der Waals surface area contributed by atoms with Crippen LogP contribution in [0, 0.1) is 0 Å². The van der Waals surface area contributed by atoms with Crippen LogP contribution in [0.5, 0.6) is 11.5 Å². The molecular formula is C33H37N3O12. The third kappa shape index (κ3) is 4.96. The molecule has 48 heavy (non-hydrogen) atoms. The van der Waals surface area contributed by atoms with E-state index in [9.17, 15) is 34.5 Å². The molecule has 1 amide bonds. The number of nitrogens with two attached hydrogens (primary N) is 1. The van der Waals surface area contributed by atoms with Crippen LogP contribution in [0.3, 0.4) is 0 Å². The molecule has 0 unspecified atom stereocenters. The lowest BCUT2D eigenvalue weighted by molar-refractivity contribution is -0.256. The summed E-state index contributed by atoms with van der Waals surface area (Å²) in [5.74, 6) is -4.14. The van der Waals surface area contributed by atoms with Crippen LogP contribution < -0.4 is 11.1 Å². The molecule has 15 nitrogen and oxygen atoms in total. The van der Waals surface area contributed by atoms with Crippen LogP contribution in [-0.2, 0) is 39.7 Å². The second kappa shape index (κ2) is 12.0. The zero-order chi connectivity index (χ0) is 34.2. The maximum atomic E-state index is 14.1. The Labute approximate surface area is 274 Å². The number of nitrogens with one attached hydrogen (secondary N) is 1. The molecule has 2 aliphatic carbocycles. The lowest BCUT2D eigenvalue weighted by Gasteiger charge is -2.43. The lowest BCUT2D eigenvalue weighted by Crippen LogP contribution is -2.55. The Bertz CT molecular complexity index is 1730. The van der Waals surface area contributed by atoms with Gasteiger partial charge in [0, 0.05) is 55.6 Å². The van der Waals surface area contributed by atoms with E-state index in [0.717, 1.165) is 0 Å². The third-order valence-corrected chi connectivity index (χ3v) is 10.1. The lowest BCUT2D eigenvalue weighted by atomic mass is 9.72. The summed E-state index contributed by atoms with van der Waals surface area (Å²) in [5.41, 5.74) is 2.04. The van der Waals surface area contributed by atoms with Crippen LogP contribution in [0.1, 0.15) is 75.8 Å². The fourth-order valence-corrected chi connectivity index (χ4v) is 7.77. The molecule has 3 fully saturated rings. The van der Waals surface area contributed by atoms with Crippen molar-refractivity contribution in [1.82, 2.24) is 4.90 Å². The number of anilines is 1. The van der Waals surface area contributed by atoms with E-state index in [2.05, 4.69) is 10.2 Å². The van der Waals surface area contributed by atoms with E-state index < -0.39 is 88.9 Å². The van der Waals surface area contributed by atoms with Crippen LogP contribution in [0.15, 0.2) is 18.2 Å². The fraction of sp³-hybridized carbons (Fsp3) is 0.515. The van der Waals surface area contributed by atoms with Gasteiger partial charge in [0.25, 0.3) is 0 Å². The van der Waals surface area contributed by atoms with Crippen molar-refractivity contribution in [1.29, 1.82) is 0 Å². The molecule has 3 heterocycles. The topological polar surface area (TPSA) is 216 Å². The molecular weight excluding hydrogens is 630 g/mol. The fourth-order valence-electron chi connectivity index (χ4n) is 7.77. The molecule has 15 heteroatoms. The van der Waals surface area contributed by atoms with E-state index >= 15 is 0 Å². The van der Waals surface area contributed by atoms with Gasteiger partial charge >= 0.3 is 0 Å². The molecule has 3 saturated heterocycles. The second-order valence-electron chi connectivity index (χ2n) is 12.8. The van der Waals surface area contributed by atoms with Crippen molar-refractivity contribution in [3.63, 3.8) is 0 Å². The van der Waals surface area contributed by atoms with E-state index in [4.69, 9.17) is 29.4 Å². The van der Waals surface area contributed by atoms with Crippen molar-refractivity contribution < 1.29 is 58.2 Å². The first kappa shape index (κ1) is 32.7. The van der Waals surface area contributed by atoms with E-state index in [1.807, 2.05) is 6.92 Å². The summed E-state index contributed by atoms with van der Waals surface area (Å²) < 4.78 is 30.1. The minimum absolute atomic E-state index is 0.0115. The molecule has 5 aliphatic rings. The minimum atomic E-state index is -2.03. The van der Waals surface area contributed by atoms with Gasteiger partial charge in [-0.1, -0.05) is 12.1 Å². The average molecular weight is 668 g/mol. The van der Waals surface area contributed by atoms with E-state index in [-0.39, 0.29) is 53.1 Å². The number of carbonyl (C=O) groups is 4. The van der Waals surface area contributed by atoms with Crippen molar-refractivity contribution in [2.24, 2.45) is 5.73 Å². The van der Waals surface area contributed by atoms with Crippen LogP contribution in [-0.4, -0.2) is 113 Å². The number of fused-ring (bicyclic) bond motifs is 6. The van der Waals surface area contributed by atoms with Gasteiger partial charge in [-0.05, 0) is 19.9 Å². The molecule has 2 aromatic rings. The number of aliphatic hydroxyl groups is 1. The van der Waals surface area contributed by atoms with Gasteiger partial charge < -0.3 is 50.1 Å². The molecule has 0 radical (unpaired) electrons. The number of phenols is 2. The van der Waals surface area contributed by atoms with E-state index in [0.29, 0.717) is 19.6 Å². The smallest absolute Gasteiger partial charge is 0.238 e. The van der Waals surface area contributed by atoms with E-state index in [1.165, 1.54) is 32.2 Å². The number of ether oxygens (including phenoxy) is 5. The molecule has 256 valence electrons. The Morgan fingerprint density at radius 3 is 2.58 bits per heavy atom. The molecule has 2 aromatic carbocycles. The number of ketones is 3. The number of rotatable bonds is 6. The van der Waals surface area contributed by atoms with Gasteiger partial charge in [0.2, 0.25) is 5.91 Å². The summed E-state index contributed by atoms with van der Waals surface area (Å²) in [6.07, 6.45) is -4.49. The van der Waals surface area contributed by atoms with Gasteiger partial charge in [0.1, 0.15) is 23.2 Å². The first-order valence-corrected chi connectivity index (χ1v) is 15.8. The molecule has 7 rings (SSSR count). The first-order valence-electron chi connectivity index (χ1n) is 15.8. The predicted molar refractivity (Wildman–Crippen MR) is 163 cm³/mol. The Balaban J connectivity index is 1.29. The Morgan fingerprint density at radius 2 is 1.88 bits per heavy atom. The number of Topliss-reactive ketones (excluding diaryl/α,β-unsaturated/α-hetero) is 1. The number of hydrogen-bond acceptors (Lipinski definition) is 14. The summed E-state index contributed by atoms with van der Waals surface area (Å²) in [7, 11) is 1.54. The Morgan fingerprint density at radius 1 is 1.12 bits per heavy atom. The number of hydrogen-bond donors (Lipinski definition) is 5. The van der Waals surface area contributed by atoms with Crippen LogP contribution in [0.4, 0.5) is 5.69 Å². The average Bonchev–Trinajstić information content (AvgIpc) is 3.44. The zero-order valence-corrected chi connectivity index (χ0v) is 26.6. The van der Waals surface area contributed by atoms with Gasteiger partial charge in [-0.25, -0.2) is 0 Å². The monoisotopic (exact) mass is 667 g/mol. The molecule has 3 aliphatic heterocycles.